The van der Waals surface area contributed by atoms with Gasteiger partial charge in [0.1, 0.15) is 0 Å². The minimum absolute atomic E-state index is 0.145. The Hall–Kier alpha value is -2.31. The van der Waals surface area contributed by atoms with Crippen LogP contribution in [-0.2, 0) is 10.5 Å². The van der Waals surface area contributed by atoms with E-state index in [1.54, 1.807) is 4.57 Å². The van der Waals surface area contributed by atoms with Crippen molar-refractivity contribution in [1.29, 1.82) is 0 Å². The van der Waals surface area contributed by atoms with Crippen molar-refractivity contribution in [2.45, 2.75) is 22.6 Å². The molecule has 116 valence electrons. The van der Waals surface area contributed by atoms with Gasteiger partial charge in [-0.2, -0.15) is 0 Å². The number of carboxylic acid groups (broad SMARTS) is 1. The molecular formula is C17H14N2O3S. The molecule has 1 aliphatic heterocycles. The minimum Gasteiger partial charge on any atom is -0.481 e. The Morgan fingerprint density at radius 2 is 1.87 bits per heavy atom. The van der Waals surface area contributed by atoms with Crippen LogP contribution in [0.15, 0.2) is 59.8 Å². The van der Waals surface area contributed by atoms with Crippen molar-refractivity contribution in [2.24, 2.45) is 0 Å². The first kappa shape index (κ1) is 14.3. The van der Waals surface area contributed by atoms with Crippen molar-refractivity contribution in [3.8, 4) is 0 Å². The fraction of sp³-hybridized carbons (Fsp3) is 0.176. The average molecular weight is 326 g/mol. The highest BCUT2D eigenvalue weighted by molar-refractivity contribution is 8.00. The fourth-order valence-corrected chi connectivity index (χ4v) is 4.49. The van der Waals surface area contributed by atoms with Crippen LogP contribution in [0.5, 0.6) is 0 Å². The van der Waals surface area contributed by atoms with Gasteiger partial charge in [0.15, 0.2) is 10.9 Å². The van der Waals surface area contributed by atoms with E-state index in [4.69, 9.17) is 0 Å². The third-order valence-corrected chi connectivity index (χ3v) is 5.39. The summed E-state index contributed by atoms with van der Waals surface area (Å²) < 4.78 is 1.76. The number of carboxylic acids is 1. The molecule has 0 saturated heterocycles. The molecule has 3 aromatic rings. The number of aliphatic hydroxyl groups is 1. The smallest absolute Gasteiger partial charge is 0.304 e. The average Bonchev–Trinajstić information content (AvgIpc) is 3.04. The SMILES string of the molecule is O=C(O)CC1Sc2nc3ccccc3n2C1(O)c1ccccc1. The van der Waals surface area contributed by atoms with Crippen molar-refractivity contribution in [2.75, 3.05) is 0 Å². The van der Waals surface area contributed by atoms with E-state index in [-0.39, 0.29) is 6.42 Å². The van der Waals surface area contributed by atoms with E-state index in [9.17, 15) is 15.0 Å². The lowest BCUT2D eigenvalue weighted by Crippen LogP contribution is -2.41. The van der Waals surface area contributed by atoms with Gasteiger partial charge in [-0.15, -0.1) is 0 Å². The highest BCUT2D eigenvalue weighted by Gasteiger charge is 2.50. The molecule has 2 unspecified atom stereocenters. The van der Waals surface area contributed by atoms with Crippen molar-refractivity contribution in [3.63, 3.8) is 0 Å². The molecule has 5 nitrogen and oxygen atoms in total. The van der Waals surface area contributed by atoms with Gasteiger partial charge in [-0.05, 0) is 12.1 Å². The van der Waals surface area contributed by atoms with Crippen molar-refractivity contribution >= 4 is 28.8 Å². The second-order valence-electron chi connectivity index (χ2n) is 5.52. The van der Waals surface area contributed by atoms with Gasteiger partial charge in [-0.1, -0.05) is 54.2 Å². The van der Waals surface area contributed by atoms with Crippen LogP contribution in [0.3, 0.4) is 0 Å². The zero-order valence-electron chi connectivity index (χ0n) is 12.1. The highest BCUT2D eigenvalue weighted by atomic mass is 32.2. The van der Waals surface area contributed by atoms with E-state index >= 15 is 0 Å². The molecule has 2 aromatic carbocycles. The Kier molecular flexibility index (Phi) is 3.18. The Morgan fingerprint density at radius 1 is 1.17 bits per heavy atom. The number of carbonyl (C=O) groups is 1. The zero-order chi connectivity index (χ0) is 16.0. The van der Waals surface area contributed by atoms with Crippen LogP contribution in [0.4, 0.5) is 0 Å². The number of aromatic nitrogens is 2. The van der Waals surface area contributed by atoms with Gasteiger partial charge in [0, 0.05) is 5.56 Å². The first-order valence-electron chi connectivity index (χ1n) is 7.25. The number of thioether (sulfide) groups is 1. The number of imidazole rings is 1. The van der Waals surface area contributed by atoms with Crippen LogP contribution in [0.1, 0.15) is 12.0 Å². The Labute approximate surface area is 136 Å². The van der Waals surface area contributed by atoms with Gasteiger partial charge in [0.25, 0.3) is 0 Å². The van der Waals surface area contributed by atoms with Gasteiger partial charge >= 0.3 is 5.97 Å². The maximum Gasteiger partial charge on any atom is 0.304 e. The predicted octanol–water partition coefficient (Wildman–Crippen LogP) is 2.68. The molecule has 0 aliphatic carbocycles. The molecule has 0 radical (unpaired) electrons. The standard InChI is InChI=1S/C17H14N2O3S/c20-15(21)10-14-17(22,11-6-2-1-3-7-11)19-13-9-5-4-8-12(13)18-16(19)23-14/h1-9,14,22H,10H2,(H,20,21). The van der Waals surface area contributed by atoms with Gasteiger partial charge in [-0.3, -0.25) is 9.36 Å². The molecule has 0 bridgehead atoms. The molecule has 0 saturated carbocycles. The molecule has 2 atom stereocenters. The van der Waals surface area contributed by atoms with E-state index in [0.717, 1.165) is 11.0 Å². The van der Waals surface area contributed by atoms with Crippen molar-refractivity contribution in [1.82, 2.24) is 9.55 Å². The van der Waals surface area contributed by atoms with Gasteiger partial charge < -0.3 is 10.2 Å². The van der Waals surface area contributed by atoms with Crippen molar-refractivity contribution < 1.29 is 15.0 Å². The summed E-state index contributed by atoms with van der Waals surface area (Å²) in [6.45, 7) is 0. The monoisotopic (exact) mass is 326 g/mol. The molecule has 0 spiro atoms. The largest absolute Gasteiger partial charge is 0.481 e. The number of para-hydroxylation sites is 2. The maximum absolute atomic E-state index is 11.5. The van der Waals surface area contributed by atoms with Gasteiger partial charge in [0.2, 0.25) is 0 Å². The number of aliphatic carboxylic acids is 1. The molecule has 0 fully saturated rings. The number of fused-ring (bicyclic) bond motifs is 3. The lowest BCUT2D eigenvalue weighted by molar-refractivity contribution is -0.138. The van der Waals surface area contributed by atoms with E-state index in [2.05, 4.69) is 4.98 Å². The Balaban J connectivity index is 1.97. The van der Waals surface area contributed by atoms with Crippen LogP contribution in [0, 0.1) is 0 Å². The summed E-state index contributed by atoms with van der Waals surface area (Å²) in [6, 6.07) is 16.7. The minimum atomic E-state index is -1.43. The second kappa shape index (κ2) is 5.11. The number of rotatable bonds is 3. The topological polar surface area (TPSA) is 75.3 Å². The van der Waals surface area contributed by atoms with Crippen LogP contribution in [0.2, 0.25) is 0 Å². The van der Waals surface area contributed by atoms with Crippen LogP contribution in [-0.4, -0.2) is 31.0 Å². The third-order valence-electron chi connectivity index (χ3n) is 4.13. The number of hydrogen-bond donors (Lipinski definition) is 2. The molecule has 1 aliphatic rings. The molecule has 23 heavy (non-hydrogen) atoms. The fourth-order valence-electron chi connectivity index (χ4n) is 3.11. The van der Waals surface area contributed by atoms with E-state index in [1.165, 1.54) is 11.8 Å². The summed E-state index contributed by atoms with van der Waals surface area (Å²) in [6.07, 6.45) is -0.145. The van der Waals surface area contributed by atoms with E-state index < -0.39 is 16.9 Å². The zero-order valence-corrected chi connectivity index (χ0v) is 12.9. The summed E-state index contributed by atoms with van der Waals surface area (Å²) in [4.78, 5) is 15.8. The van der Waals surface area contributed by atoms with Gasteiger partial charge in [-0.25, -0.2) is 4.98 Å². The summed E-state index contributed by atoms with van der Waals surface area (Å²) in [5.41, 5.74) is 0.823. The highest BCUT2D eigenvalue weighted by Crippen LogP contribution is 2.49. The maximum atomic E-state index is 11.5. The van der Waals surface area contributed by atoms with E-state index in [0.29, 0.717) is 10.7 Å². The molecular weight excluding hydrogens is 312 g/mol. The van der Waals surface area contributed by atoms with Crippen LogP contribution < -0.4 is 0 Å². The van der Waals surface area contributed by atoms with Gasteiger partial charge in [0.05, 0.1) is 22.7 Å². The number of nitrogens with zero attached hydrogens (tertiary/aromatic N) is 2. The summed E-state index contributed by atoms with van der Waals surface area (Å²) in [5.74, 6) is -0.938. The molecule has 6 heteroatoms. The second-order valence-corrected chi connectivity index (χ2v) is 6.68. The molecule has 1 aromatic heterocycles. The first-order valence-corrected chi connectivity index (χ1v) is 8.13. The molecule has 0 amide bonds. The lowest BCUT2D eigenvalue weighted by atomic mass is 9.96. The third kappa shape index (κ3) is 2.06. The summed E-state index contributed by atoms with van der Waals surface area (Å²) in [7, 11) is 0. The molecule has 4 rings (SSSR count). The molecule has 2 heterocycles. The van der Waals surface area contributed by atoms with Crippen molar-refractivity contribution in [3.05, 3.63) is 60.2 Å². The quantitative estimate of drug-likeness (QED) is 0.774. The van der Waals surface area contributed by atoms with Crippen LogP contribution >= 0.6 is 11.8 Å². The predicted molar refractivity (Wildman–Crippen MR) is 87.4 cm³/mol. The lowest BCUT2D eigenvalue weighted by Gasteiger charge is -2.31. The van der Waals surface area contributed by atoms with Crippen LogP contribution in [0.25, 0.3) is 11.0 Å². The number of benzene rings is 2. The Bertz CT molecular complexity index is 893. The van der Waals surface area contributed by atoms with E-state index in [1.807, 2.05) is 54.6 Å². The summed E-state index contributed by atoms with van der Waals surface area (Å²) >= 11 is 1.31. The normalized spacial score (nSPS) is 23.1. The number of hydrogen-bond acceptors (Lipinski definition) is 4. The molecule has 2 N–H and O–H groups in total. The summed E-state index contributed by atoms with van der Waals surface area (Å²) in [5, 5.41) is 20.9. The Morgan fingerprint density at radius 3 is 2.61 bits per heavy atom. The first-order chi connectivity index (χ1) is 11.1.